The number of carbonyl (C=O) groups excluding carboxylic acids is 1. The SMILES string of the molecule is CCCCCCCC(=O)Cc1cncs1. The van der Waals surface area contributed by atoms with Gasteiger partial charge in [-0.25, -0.2) is 0 Å². The van der Waals surface area contributed by atoms with Gasteiger partial charge < -0.3 is 0 Å². The van der Waals surface area contributed by atoms with E-state index < -0.39 is 0 Å². The van der Waals surface area contributed by atoms with E-state index >= 15 is 0 Å². The second kappa shape index (κ2) is 7.57. The fourth-order valence-corrected chi connectivity index (χ4v) is 2.16. The summed E-state index contributed by atoms with van der Waals surface area (Å²) >= 11 is 1.57. The molecule has 0 saturated heterocycles. The van der Waals surface area contributed by atoms with Crippen molar-refractivity contribution < 1.29 is 4.79 Å². The van der Waals surface area contributed by atoms with E-state index in [9.17, 15) is 4.79 Å². The van der Waals surface area contributed by atoms with Gasteiger partial charge in [-0.2, -0.15) is 0 Å². The first kappa shape index (κ1) is 12.4. The fourth-order valence-electron chi connectivity index (χ4n) is 1.54. The molecule has 2 nitrogen and oxygen atoms in total. The second-order valence-corrected chi connectivity index (χ2v) is 4.82. The number of unbranched alkanes of at least 4 members (excludes halogenated alkanes) is 4. The molecule has 0 aliphatic heterocycles. The van der Waals surface area contributed by atoms with Gasteiger partial charge >= 0.3 is 0 Å². The van der Waals surface area contributed by atoms with Crippen LogP contribution in [0.15, 0.2) is 11.7 Å². The number of aromatic nitrogens is 1. The van der Waals surface area contributed by atoms with Gasteiger partial charge in [0.15, 0.2) is 0 Å². The number of hydrogen-bond donors (Lipinski definition) is 0. The third kappa shape index (κ3) is 5.67. The number of thiazole rings is 1. The highest BCUT2D eigenvalue weighted by Gasteiger charge is 2.04. The van der Waals surface area contributed by atoms with Gasteiger partial charge in [0.1, 0.15) is 5.78 Å². The summed E-state index contributed by atoms with van der Waals surface area (Å²) in [5.41, 5.74) is 1.78. The molecular weight excluding hydrogens is 206 g/mol. The summed E-state index contributed by atoms with van der Waals surface area (Å²) in [7, 11) is 0. The van der Waals surface area contributed by atoms with Crippen molar-refractivity contribution in [1.29, 1.82) is 0 Å². The maximum absolute atomic E-state index is 11.5. The normalized spacial score (nSPS) is 10.5. The van der Waals surface area contributed by atoms with Crippen molar-refractivity contribution in [2.45, 2.75) is 51.9 Å². The summed E-state index contributed by atoms with van der Waals surface area (Å²) in [6, 6.07) is 0. The topological polar surface area (TPSA) is 30.0 Å². The first-order chi connectivity index (χ1) is 7.33. The summed E-state index contributed by atoms with van der Waals surface area (Å²) in [5.74, 6) is 0.357. The zero-order chi connectivity index (χ0) is 10.9. The first-order valence-corrected chi connectivity index (χ1v) is 6.60. The zero-order valence-electron chi connectivity index (χ0n) is 9.37. The molecule has 0 N–H and O–H groups in total. The summed E-state index contributed by atoms with van der Waals surface area (Å²) in [5, 5.41) is 0. The quantitative estimate of drug-likeness (QED) is 0.632. The lowest BCUT2D eigenvalue weighted by Crippen LogP contribution is -2.00. The van der Waals surface area contributed by atoms with Gasteiger partial charge in [-0.3, -0.25) is 9.78 Å². The van der Waals surface area contributed by atoms with E-state index in [2.05, 4.69) is 11.9 Å². The van der Waals surface area contributed by atoms with Crippen molar-refractivity contribution in [3.05, 3.63) is 16.6 Å². The molecule has 0 amide bonds. The third-order valence-corrected chi connectivity index (χ3v) is 3.19. The van der Waals surface area contributed by atoms with Crippen LogP contribution in [0.3, 0.4) is 0 Å². The van der Waals surface area contributed by atoms with Crippen molar-refractivity contribution >= 4 is 17.1 Å². The highest BCUT2D eigenvalue weighted by Crippen LogP contribution is 2.10. The molecule has 0 fully saturated rings. The van der Waals surface area contributed by atoms with E-state index in [0.717, 1.165) is 17.7 Å². The first-order valence-electron chi connectivity index (χ1n) is 5.72. The monoisotopic (exact) mass is 225 g/mol. The van der Waals surface area contributed by atoms with E-state index in [0.29, 0.717) is 12.2 Å². The largest absolute Gasteiger partial charge is 0.299 e. The predicted octanol–water partition coefficient (Wildman–Crippen LogP) is 3.62. The Labute approximate surface area is 95.7 Å². The molecule has 1 rings (SSSR count). The van der Waals surface area contributed by atoms with E-state index in [1.165, 1.54) is 25.7 Å². The molecule has 15 heavy (non-hydrogen) atoms. The Bertz CT molecular complexity index is 269. The summed E-state index contributed by atoms with van der Waals surface area (Å²) < 4.78 is 0. The molecule has 3 heteroatoms. The molecule has 1 aromatic rings. The summed E-state index contributed by atoms with van der Waals surface area (Å²) in [4.78, 5) is 16.6. The van der Waals surface area contributed by atoms with Gasteiger partial charge in [0.25, 0.3) is 0 Å². The Morgan fingerprint density at radius 2 is 2.13 bits per heavy atom. The average molecular weight is 225 g/mol. The minimum atomic E-state index is 0.357. The molecule has 0 bridgehead atoms. The molecule has 0 spiro atoms. The van der Waals surface area contributed by atoms with Crippen molar-refractivity contribution in [3.63, 3.8) is 0 Å². The average Bonchev–Trinajstić information content (AvgIpc) is 2.70. The van der Waals surface area contributed by atoms with Crippen molar-refractivity contribution in [2.24, 2.45) is 0 Å². The van der Waals surface area contributed by atoms with Crippen LogP contribution in [0.2, 0.25) is 0 Å². The summed E-state index contributed by atoms with van der Waals surface area (Å²) in [6.45, 7) is 2.20. The lowest BCUT2D eigenvalue weighted by Gasteiger charge is -1.99. The van der Waals surface area contributed by atoms with Gasteiger partial charge in [-0.05, 0) is 6.42 Å². The molecule has 0 radical (unpaired) electrons. The summed E-state index contributed by atoms with van der Waals surface area (Å²) in [6.07, 6.45) is 9.18. The highest BCUT2D eigenvalue weighted by atomic mass is 32.1. The molecule has 0 aromatic carbocycles. The second-order valence-electron chi connectivity index (χ2n) is 3.85. The van der Waals surface area contributed by atoms with Crippen molar-refractivity contribution in [2.75, 3.05) is 0 Å². The molecular formula is C12H19NOS. The van der Waals surface area contributed by atoms with E-state index in [4.69, 9.17) is 0 Å². The number of ketones is 1. The van der Waals surface area contributed by atoms with Crippen LogP contribution in [0.4, 0.5) is 0 Å². The van der Waals surface area contributed by atoms with Crippen LogP contribution in [0, 0.1) is 0 Å². The zero-order valence-corrected chi connectivity index (χ0v) is 10.2. The number of carbonyl (C=O) groups is 1. The molecule has 1 heterocycles. The fraction of sp³-hybridized carbons (Fsp3) is 0.667. The Morgan fingerprint density at radius 1 is 1.33 bits per heavy atom. The Hall–Kier alpha value is -0.700. The molecule has 0 atom stereocenters. The minimum absolute atomic E-state index is 0.357. The van der Waals surface area contributed by atoms with Crippen LogP contribution in [0.5, 0.6) is 0 Å². The van der Waals surface area contributed by atoms with Crippen LogP contribution >= 0.6 is 11.3 Å². The molecule has 0 saturated carbocycles. The third-order valence-electron chi connectivity index (χ3n) is 2.41. The lowest BCUT2D eigenvalue weighted by atomic mass is 10.1. The highest BCUT2D eigenvalue weighted by molar-refractivity contribution is 7.09. The van der Waals surface area contributed by atoms with E-state index in [1.54, 1.807) is 23.0 Å². The lowest BCUT2D eigenvalue weighted by molar-refractivity contribution is -0.118. The molecule has 0 unspecified atom stereocenters. The van der Waals surface area contributed by atoms with Gasteiger partial charge in [-0.1, -0.05) is 32.6 Å². The van der Waals surface area contributed by atoms with Crippen LogP contribution in [0.25, 0.3) is 0 Å². The van der Waals surface area contributed by atoms with Crippen molar-refractivity contribution in [3.8, 4) is 0 Å². The number of Topliss-reactive ketones (excluding diaryl/α,β-unsaturated/α-hetero) is 1. The Kier molecular flexibility index (Phi) is 6.25. The standard InChI is InChI=1S/C12H19NOS/c1-2-3-4-5-6-7-11(14)8-12-9-13-10-15-12/h9-10H,2-8H2,1H3. The number of rotatable bonds is 8. The molecule has 84 valence electrons. The predicted molar refractivity (Wildman–Crippen MR) is 64.2 cm³/mol. The van der Waals surface area contributed by atoms with Gasteiger partial charge in [0.05, 0.1) is 5.51 Å². The smallest absolute Gasteiger partial charge is 0.138 e. The maximum atomic E-state index is 11.5. The Morgan fingerprint density at radius 3 is 2.80 bits per heavy atom. The van der Waals surface area contributed by atoms with Gasteiger partial charge in [-0.15, -0.1) is 11.3 Å². The van der Waals surface area contributed by atoms with E-state index in [1.807, 2.05) is 0 Å². The molecule has 0 aliphatic rings. The minimum Gasteiger partial charge on any atom is -0.299 e. The van der Waals surface area contributed by atoms with Crippen LogP contribution in [-0.4, -0.2) is 10.8 Å². The van der Waals surface area contributed by atoms with Crippen LogP contribution in [-0.2, 0) is 11.2 Å². The molecule has 1 aromatic heterocycles. The Balaban J connectivity index is 2.04. The number of nitrogens with zero attached hydrogens (tertiary/aromatic N) is 1. The van der Waals surface area contributed by atoms with Gasteiger partial charge in [0, 0.05) is 23.9 Å². The van der Waals surface area contributed by atoms with Crippen LogP contribution in [0.1, 0.15) is 50.3 Å². The number of hydrogen-bond acceptors (Lipinski definition) is 3. The van der Waals surface area contributed by atoms with Gasteiger partial charge in [0.2, 0.25) is 0 Å². The van der Waals surface area contributed by atoms with Crippen molar-refractivity contribution in [1.82, 2.24) is 4.98 Å². The van der Waals surface area contributed by atoms with E-state index in [-0.39, 0.29) is 0 Å². The molecule has 0 aliphatic carbocycles. The van der Waals surface area contributed by atoms with Crippen LogP contribution < -0.4 is 0 Å². The maximum Gasteiger partial charge on any atom is 0.138 e.